The van der Waals surface area contributed by atoms with Crippen molar-refractivity contribution in [3.05, 3.63) is 145 Å². The fourth-order valence-corrected chi connectivity index (χ4v) is 5.33. The number of imidazole rings is 1. The van der Waals surface area contributed by atoms with E-state index >= 15 is 0 Å². The van der Waals surface area contributed by atoms with E-state index in [9.17, 15) is 4.39 Å². The first kappa shape index (κ1) is 31.0. The van der Waals surface area contributed by atoms with Gasteiger partial charge < -0.3 is 14.0 Å². The second kappa shape index (κ2) is 12.8. The molecule has 4 aromatic heterocycles. The van der Waals surface area contributed by atoms with Crippen LogP contribution >= 0.6 is 0 Å². The maximum atomic E-state index is 13.9. The molecule has 0 atom stereocenters. The van der Waals surface area contributed by atoms with E-state index < -0.39 is 0 Å². The largest absolute Gasteiger partial charge is 0.500 e. The summed E-state index contributed by atoms with van der Waals surface area (Å²) in [5.41, 5.74) is 7.45. The molecular formula is C39H29FIrN4O-2. The van der Waals surface area contributed by atoms with Crippen molar-refractivity contribution in [3.8, 4) is 28.3 Å². The summed E-state index contributed by atoms with van der Waals surface area (Å²) in [4.78, 5) is 13.8. The Hall–Kier alpha value is -4.97. The average molecular weight is 781 g/mol. The van der Waals surface area contributed by atoms with Crippen molar-refractivity contribution in [2.75, 3.05) is 0 Å². The Morgan fingerprint density at radius 3 is 2.33 bits per heavy atom. The van der Waals surface area contributed by atoms with Crippen LogP contribution in [0.3, 0.4) is 0 Å². The Morgan fingerprint density at radius 1 is 0.783 bits per heavy atom. The van der Waals surface area contributed by atoms with Crippen LogP contribution in [-0.4, -0.2) is 19.5 Å². The third-order valence-electron chi connectivity index (χ3n) is 7.66. The van der Waals surface area contributed by atoms with Gasteiger partial charge >= 0.3 is 0 Å². The van der Waals surface area contributed by atoms with Gasteiger partial charge in [0.2, 0.25) is 0 Å². The molecule has 0 saturated heterocycles. The molecule has 1 radical (unpaired) electrons. The van der Waals surface area contributed by atoms with E-state index in [1.54, 1.807) is 12.3 Å². The SMILES string of the molecule is CC(C)(C)c1cnc2nc(-c3[c-]ccc4c3oc3cc(F)ccc34)n(-c3ccccc3)c2c1.[Ir].[c-]1ccccc1-c1ccccn1. The number of hydrogen-bond donors (Lipinski definition) is 0. The van der Waals surface area contributed by atoms with Crippen LogP contribution in [0.4, 0.5) is 4.39 Å². The summed E-state index contributed by atoms with van der Waals surface area (Å²) >= 11 is 0. The molecule has 0 amide bonds. The van der Waals surface area contributed by atoms with Crippen LogP contribution in [0.25, 0.3) is 61.4 Å². The van der Waals surface area contributed by atoms with Crippen molar-refractivity contribution in [2.45, 2.75) is 26.2 Å². The molecule has 7 heteroatoms. The maximum Gasteiger partial charge on any atom is 0.168 e. The zero-order chi connectivity index (χ0) is 31.0. The van der Waals surface area contributed by atoms with Crippen molar-refractivity contribution < 1.29 is 28.9 Å². The predicted molar refractivity (Wildman–Crippen MR) is 178 cm³/mol. The molecule has 0 aliphatic heterocycles. The smallest absolute Gasteiger partial charge is 0.168 e. The standard InChI is InChI=1S/C28H21FN3O.C11H8N.Ir/c1-28(2,3)17-14-23-26(30-16-17)31-27(32(23)19-8-5-4-6-9-19)22-11-7-10-21-20-13-12-18(29)15-24(20)33-25(21)22;1-2-6-10(7-3-1)11-8-4-5-9-12-11;/h4-10,12-16H,1-3H3;1-6,8-9H;/q2*-1;. The van der Waals surface area contributed by atoms with Gasteiger partial charge in [0.25, 0.3) is 0 Å². The first-order valence-corrected chi connectivity index (χ1v) is 14.7. The zero-order valence-corrected chi connectivity index (χ0v) is 27.9. The summed E-state index contributed by atoms with van der Waals surface area (Å²) in [6.45, 7) is 6.51. The number of benzene rings is 4. The van der Waals surface area contributed by atoms with Crippen LogP contribution in [0.5, 0.6) is 0 Å². The number of furan rings is 1. The Kier molecular flexibility index (Phi) is 8.63. The number of nitrogens with zero attached hydrogens (tertiary/aromatic N) is 4. The van der Waals surface area contributed by atoms with E-state index in [2.05, 4.69) is 53.5 Å². The fraction of sp³-hybridized carbons (Fsp3) is 0.103. The Labute approximate surface area is 280 Å². The molecule has 229 valence electrons. The number of halogens is 1. The Balaban J connectivity index is 0.000000241. The minimum absolute atomic E-state index is 0. The van der Waals surface area contributed by atoms with Crippen molar-refractivity contribution in [3.63, 3.8) is 0 Å². The third kappa shape index (κ3) is 6.00. The first-order chi connectivity index (χ1) is 21.9. The van der Waals surface area contributed by atoms with Gasteiger partial charge in [0.15, 0.2) is 5.65 Å². The molecule has 0 spiro atoms. The number of pyridine rings is 2. The van der Waals surface area contributed by atoms with Crippen LogP contribution in [0.1, 0.15) is 26.3 Å². The molecule has 4 aromatic carbocycles. The van der Waals surface area contributed by atoms with Gasteiger partial charge in [-0.05, 0) is 53.1 Å². The van der Waals surface area contributed by atoms with E-state index in [0.29, 0.717) is 28.2 Å². The molecule has 0 fully saturated rings. The molecule has 46 heavy (non-hydrogen) atoms. The van der Waals surface area contributed by atoms with Crippen LogP contribution in [0.15, 0.2) is 126 Å². The minimum atomic E-state index is -0.331. The van der Waals surface area contributed by atoms with Gasteiger partial charge in [0.05, 0.1) is 16.9 Å². The molecule has 0 aliphatic carbocycles. The zero-order valence-electron chi connectivity index (χ0n) is 25.5. The molecule has 0 aliphatic rings. The normalized spacial score (nSPS) is 11.3. The minimum Gasteiger partial charge on any atom is -0.500 e. The first-order valence-electron chi connectivity index (χ1n) is 14.7. The van der Waals surface area contributed by atoms with E-state index in [1.807, 2.05) is 91.1 Å². The van der Waals surface area contributed by atoms with Crippen molar-refractivity contribution in [1.82, 2.24) is 19.5 Å². The summed E-state index contributed by atoms with van der Waals surface area (Å²) in [7, 11) is 0. The Morgan fingerprint density at radius 2 is 1.59 bits per heavy atom. The summed E-state index contributed by atoms with van der Waals surface area (Å²) in [6.07, 6.45) is 3.68. The second-order valence-electron chi connectivity index (χ2n) is 11.8. The third-order valence-corrected chi connectivity index (χ3v) is 7.66. The van der Waals surface area contributed by atoms with Crippen LogP contribution < -0.4 is 0 Å². The molecule has 8 aromatic rings. The van der Waals surface area contributed by atoms with Gasteiger partial charge in [-0.25, -0.2) is 9.37 Å². The van der Waals surface area contributed by atoms with Crippen LogP contribution in [0.2, 0.25) is 0 Å². The molecule has 0 unspecified atom stereocenters. The average Bonchev–Trinajstić information content (AvgIpc) is 3.63. The van der Waals surface area contributed by atoms with Gasteiger partial charge in [-0.15, -0.1) is 54.1 Å². The number of fused-ring (bicyclic) bond motifs is 4. The topological polar surface area (TPSA) is 56.7 Å². The van der Waals surface area contributed by atoms with E-state index in [0.717, 1.165) is 38.8 Å². The van der Waals surface area contributed by atoms with Crippen LogP contribution in [-0.2, 0) is 25.5 Å². The number of para-hydroxylation sites is 1. The van der Waals surface area contributed by atoms with Gasteiger partial charge in [-0.2, -0.15) is 0 Å². The number of hydrogen-bond acceptors (Lipinski definition) is 4. The summed E-state index contributed by atoms with van der Waals surface area (Å²) in [5, 5.41) is 1.76. The summed E-state index contributed by atoms with van der Waals surface area (Å²) in [5.74, 6) is 0.349. The molecule has 4 heterocycles. The molecule has 0 bridgehead atoms. The molecule has 8 rings (SSSR count). The van der Waals surface area contributed by atoms with Crippen molar-refractivity contribution in [2.24, 2.45) is 0 Å². The summed E-state index contributed by atoms with van der Waals surface area (Å²) in [6, 6.07) is 40.8. The van der Waals surface area contributed by atoms with E-state index in [1.165, 1.54) is 12.1 Å². The summed E-state index contributed by atoms with van der Waals surface area (Å²) < 4.78 is 22.1. The van der Waals surface area contributed by atoms with Crippen LogP contribution in [0, 0.1) is 17.9 Å². The van der Waals surface area contributed by atoms with Gasteiger partial charge in [-0.1, -0.05) is 62.1 Å². The van der Waals surface area contributed by atoms with Gasteiger partial charge in [0.1, 0.15) is 11.4 Å². The fourth-order valence-electron chi connectivity index (χ4n) is 5.33. The van der Waals surface area contributed by atoms with Crippen molar-refractivity contribution >= 4 is 33.1 Å². The maximum absolute atomic E-state index is 13.9. The molecule has 0 saturated carbocycles. The van der Waals surface area contributed by atoms with E-state index in [4.69, 9.17) is 9.40 Å². The second-order valence-corrected chi connectivity index (χ2v) is 11.8. The number of rotatable bonds is 3. The quantitative estimate of drug-likeness (QED) is 0.168. The van der Waals surface area contributed by atoms with Gasteiger partial charge in [-0.3, -0.25) is 4.98 Å². The van der Waals surface area contributed by atoms with E-state index in [-0.39, 0.29) is 31.3 Å². The molecule has 0 N–H and O–H groups in total. The monoisotopic (exact) mass is 781 g/mol. The van der Waals surface area contributed by atoms with Crippen molar-refractivity contribution in [1.29, 1.82) is 0 Å². The Bertz CT molecular complexity index is 2220. The molecular weight excluding hydrogens is 752 g/mol. The van der Waals surface area contributed by atoms with Gasteiger partial charge in [0, 0.05) is 49.6 Å². The predicted octanol–water partition coefficient (Wildman–Crippen LogP) is 9.77. The number of aromatic nitrogens is 4. The molecule has 5 nitrogen and oxygen atoms in total.